The Bertz CT molecular complexity index is 3520. The maximum atomic E-state index is 9.89. The lowest BCUT2D eigenvalue weighted by molar-refractivity contribution is 0.673. The molecule has 0 atom stereocenters. The van der Waals surface area contributed by atoms with Gasteiger partial charge in [-0.2, -0.15) is 0 Å². The van der Waals surface area contributed by atoms with Gasteiger partial charge in [-0.1, -0.05) is 194 Å². The fraction of sp³-hybridized carbons (Fsp3) is 0. The van der Waals surface area contributed by atoms with Crippen LogP contribution in [0.3, 0.4) is 0 Å². The standard InChI is InChI=1S/C58H39NO/c1-3-15-40(16-4-1)42-29-31-45(32-30-42)49-22-9-11-26-54(49)59(48-36-33-43(34-37-48)47-21-13-20-46(39-47)41-17-5-2-6-18-41)55-27-12-10-24-51(55)52-25-14-28-56-57(52)53-38-35-44-19-7-8-23-50(44)58(53)60-56/h1-39H/i33D,34D,36D,37D. The van der Waals surface area contributed by atoms with Crippen LogP contribution in [0.5, 0.6) is 0 Å². The van der Waals surface area contributed by atoms with Crippen molar-refractivity contribution < 1.29 is 9.90 Å². The molecule has 282 valence electrons. The van der Waals surface area contributed by atoms with E-state index in [1.54, 1.807) is 0 Å². The van der Waals surface area contributed by atoms with Crippen LogP contribution in [0.2, 0.25) is 0 Å². The Hall–Kier alpha value is -7.94. The summed E-state index contributed by atoms with van der Waals surface area (Å²) in [5.74, 6) is 0. The second-order valence-corrected chi connectivity index (χ2v) is 14.9. The van der Waals surface area contributed by atoms with Gasteiger partial charge in [0.15, 0.2) is 0 Å². The van der Waals surface area contributed by atoms with Crippen LogP contribution in [-0.2, 0) is 0 Å². The fourth-order valence-corrected chi connectivity index (χ4v) is 8.48. The zero-order chi connectivity index (χ0) is 43.3. The molecule has 11 rings (SSSR count). The number of fused-ring (bicyclic) bond motifs is 5. The molecule has 0 spiro atoms. The third-order valence-electron chi connectivity index (χ3n) is 11.4. The van der Waals surface area contributed by atoms with Crippen molar-refractivity contribution in [2.75, 3.05) is 4.90 Å². The molecule has 1 heterocycles. The lowest BCUT2D eigenvalue weighted by Gasteiger charge is -2.30. The normalized spacial score (nSPS) is 12.3. The van der Waals surface area contributed by atoms with Gasteiger partial charge in [-0.3, -0.25) is 0 Å². The first-order valence-corrected chi connectivity index (χ1v) is 20.2. The Morgan fingerprint density at radius 2 is 0.883 bits per heavy atom. The molecule has 0 unspecified atom stereocenters. The van der Waals surface area contributed by atoms with E-state index in [9.17, 15) is 5.48 Å². The molecule has 0 amide bonds. The van der Waals surface area contributed by atoms with Crippen molar-refractivity contribution in [3.63, 3.8) is 0 Å². The van der Waals surface area contributed by atoms with E-state index in [0.29, 0.717) is 16.9 Å². The summed E-state index contributed by atoms with van der Waals surface area (Å²) < 4.78 is 45.7. The van der Waals surface area contributed by atoms with Gasteiger partial charge in [0.05, 0.1) is 16.9 Å². The number of anilines is 3. The molecule has 0 aliphatic carbocycles. The first-order valence-electron chi connectivity index (χ1n) is 22.2. The lowest BCUT2D eigenvalue weighted by Crippen LogP contribution is -2.12. The summed E-state index contributed by atoms with van der Waals surface area (Å²) in [4.78, 5) is 1.93. The molecule has 0 bridgehead atoms. The monoisotopic (exact) mass is 769 g/mol. The van der Waals surface area contributed by atoms with Gasteiger partial charge >= 0.3 is 0 Å². The van der Waals surface area contributed by atoms with E-state index in [4.69, 9.17) is 4.42 Å². The molecule has 0 fully saturated rings. The van der Waals surface area contributed by atoms with Crippen molar-refractivity contribution in [2.45, 2.75) is 0 Å². The van der Waals surface area contributed by atoms with Gasteiger partial charge in [-0.05, 0) is 92.3 Å². The molecule has 2 heteroatoms. The highest BCUT2D eigenvalue weighted by molar-refractivity contribution is 6.19. The van der Waals surface area contributed by atoms with Crippen molar-refractivity contribution in [3.05, 3.63) is 236 Å². The number of hydrogen-bond donors (Lipinski definition) is 0. The predicted molar refractivity (Wildman–Crippen MR) is 253 cm³/mol. The molecule has 0 aliphatic rings. The average Bonchev–Trinajstić information content (AvgIpc) is 3.75. The van der Waals surface area contributed by atoms with Crippen molar-refractivity contribution in [1.29, 1.82) is 0 Å². The molecule has 60 heavy (non-hydrogen) atoms. The highest BCUT2D eigenvalue weighted by Gasteiger charge is 2.23. The van der Waals surface area contributed by atoms with Gasteiger partial charge in [0.1, 0.15) is 11.2 Å². The highest BCUT2D eigenvalue weighted by Crippen LogP contribution is 2.48. The lowest BCUT2D eigenvalue weighted by atomic mass is 9.94. The maximum Gasteiger partial charge on any atom is 0.143 e. The van der Waals surface area contributed by atoms with E-state index in [-0.39, 0.29) is 35.4 Å². The summed E-state index contributed by atoms with van der Waals surface area (Å²) in [5.41, 5.74) is 11.7. The predicted octanol–water partition coefficient (Wildman–Crippen LogP) is 16.5. The van der Waals surface area contributed by atoms with Gasteiger partial charge in [0, 0.05) is 33.0 Å². The number of nitrogens with zero attached hydrogens (tertiary/aromatic N) is 1. The second-order valence-electron chi connectivity index (χ2n) is 14.9. The van der Waals surface area contributed by atoms with Crippen molar-refractivity contribution >= 4 is 49.8 Å². The van der Waals surface area contributed by atoms with E-state index in [2.05, 4.69) is 78.9 Å². The van der Waals surface area contributed by atoms with Gasteiger partial charge in [-0.15, -0.1) is 0 Å². The summed E-state index contributed by atoms with van der Waals surface area (Å²) in [7, 11) is 0. The van der Waals surface area contributed by atoms with Gasteiger partial charge in [-0.25, -0.2) is 0 Å². The first-order chi connectivity index (χ1) is 31.4. The summed E-state index contributed by atoms with van der Waals surface area (Å²) in [6.45, 7) is 0. The quantitative estimate of drug-likeness (QED) is 0.153. The summed E-state index contributed by atoms with van der Waals surface area (Å²) in [5, 5.41) is 4.06. The average molecular weight is 770 g/mol. The van der Waals surface area contributed by atoms with Crippen LogP contribution in [0.4, 0.5) is 17.1 Å². The smallest absolute Gasteiger partial charge is 0.143 e. The molecule has 11 aromatic rings. The third-order valence-corrected chi connectivity index (χ3v) is 11.4. The van der Waals surface area contributed by atoms with Crippen LogP contribution in [-0.4, -0.2) is 0 Å². The summed E-state index contributed by atoms with van der Waals surface area (Å²) in [6.07, 6.45) is 0. The van der Waals surface area contributed by atoms with Crippen LogP contribution in [0.25, 0.3) is 88.3 Å². The minimum Gasteiger partial charge on any atom is -0.455 e. The van der Waals surface area contributed by atoms with Gasteiger partial charge < -0.3 is 9.32 Å². The van der Waals surface area contributed by atoms with E-state index in [1.807, 2.05) is 138 Å². The minimum absolute atomic E-state index is 0.122. The van der Waals surface area contributed by atoms with E-state index in [1.165, 1.54) is 0 Å². The Labute approximate surface area is 355 Å². The molecular formula is C58H39NO. The number of benzene rings is 10. The summed E-state index contributed by atoms with van der Waals surface area (Å²) >= 11 is 0. The molecule has 10 aromatic carbocycles. The van der Waals surface area contributed by atoms with E-state index in [0.717, 1.165) is 77.2 Å². The van der Waals surface area contributed by atoms with Crippen LogP contribution >= 0.6 is 0 Å². The molecule has 1 aromatic heterocycles. The number of hydrogen-bond acceptors (Lipinski definition) is 2. The zero-order valence-electron chi connectivity index (χ0n) is 36.6. The van der Waals surface area contributed by atoms with Crippen molar-refractivity contribution in [2.24, 2.45) is 0 Å². The number of furan rings is 1. The van der Waals surface area contributed by atoms with Gasteiger partial charge in [0.25, 0.3) is 0 Å². The Morgan fingerprint density at radius 1 is 0.350 bits per heavy atom. The largest absolute Gasteiger partial charge is 0.455 e. The number of rotatable bonds is 8. The minimum atomic E-state index is -0.149. The maximum absolute atomic E-state index is 9.89. The highest BCUT2D eigenvalue weighted by atomic mass is 16.3. The first kappa shape index (κ1) is 31.1. The Balaban J connectivity index is 1.16. The Kier molecular flexibility index (Phi) is 7.83. The number of para-hydroxylation sites is 2. The van der Waals surface area contributed by atoms with Crippen molar-refractivity contribution in [3.8, 4) is 55.6 Å². The third kappa shape index (κ3) is 6.32. The molecule has 0 N–H and O–H groups in total. The van der Waals surface area contributed by atoms with Crippen molar-refractivity contribution in [1.82, 2.24) is 0 Å². The molecule has 2 nitrogen and oxygen atoms in total. The van der Waals surface area contributed by atoms with Crippen LogP contribution in [0.15, 0.2) is 241 Å². The van der Waals surface area contributed by atoms with Gasteiger partial charge in [0.2, 0.25) is 0 Å². The van der Waals surface area contributed by atoms with E-state index < -0.39 is 0 Å². The molecule has 0 saturated carbocycles. The van der Waals surface area contributed by atoms with Crippen LogP contribution < -0.4 is 4.90 Å². The zero-order valence-corrected chi connectivity index (χ0v) is 32.6. The topological polar surface area (TPSA) is 16.4 Å². The van der Waals surface area contributed by atoms with E-state index >= 15 is 0 Å². The molecular weight excluding hydrogens is 727 g/mol. The van der Waals surface area contributed by atoms with Crippen LogP contribution in [0.1, 0.15) is 5.48 Å². The molecule has 0 saturated heterocycles. The molecule has 0 radical (unpaired) electrons. The molecule has 0 aliphatic heterocycles. The second kappa shape index (κ2) is 15.1. The summed E-state index contributed by atoms with van der Waals surface area (Å²) in [6, 6.07) is 70.4. The Morgan fingerprint density at radius 3 is 1.63 bits per heavy atom. The SMILES string of the molecule is [2H]c1c([2H])c(N(c2ccccc2-c2ccc(-c3ccccc3)cc2)c2ccccc2-c2cccc3oc4c5ccccc5ccc4c23)c([2H])c([2H])c1-c1cccc(-c2ccccc2)c1. The fourth-order valence-electron chi connectivity index (χ4n) is 8.48. The van der Waals surface area contributed by atoms with Crippen LogP contribution in [0, 0.1) is 0 Å².